The maximum Gasteiger partial charge on any atom is 0.148 e. The molecular weight excluding hydrogens is 268 g/mol. The number of hydrogen-bond acceptors (Lipinski definition) is 6. The quantitative estimate of drug-likeness (QED) is 0.511. The molecule has 0 saturated heterocycles. The molecular formula is C15H16N4O2. The van der Waals surface area contributed by atoms with Crippen LogP contribution < -0.4 is 15.2 Å². The summed E-state index contributed by atoms with van der Waals surface area (Å²) in [6.07, 6.45) is 0. The van der Waals surface area contributed by atoms with Gasteiger partial charge in [-0.2, -0.15) is 5.11 Å². The first-order valence-electron chi connectivity index (χ1n) is 6.18. The van der Waals surface area contributed by atoms with E-state index < -0.39 is 0 Å². The van der Waals surface area contributed by atoms with Gasteiger partial charge in [0.1, 0.15) is 22.9 Å². The Balaban J connectivity index is 2.38. The van der Waals surface area contributed by atoms with Crippen molar-refractivity contribution in [3.63, 3.8) is 0 Å². The van der Waals surface area contributed by atoms with Crippen LogP contribution in [0.5, 0.6) is 11.5 Å². The number of methoxy groups -OCH3 is 2. The molecule has 2 N–H and O–H groups in total. The van der Waals surface area contributed by atoms with E-state index in [1.54, 1.807) is 50.6 Å². The lowest BCUT2D eigenvalue weighted by atomic mass is 10.2. The van der Waals surface area contributed by atoms with Crippen molar-refractivity contribution in [1.29, 1.82) is 0 Å². The molecule has 108 valence electrons. The number of hydrogen-bond donors (Lipinski definition) is 1. The highest BCUT2D eigenvalue weighted by molar-refractivity contribution is 5.68. The third kappa shape index (κ3) is 3.36. The van der Waals surface area contributed by atoms with Gasteiger partial charge in [-0.15, -0.1) is 5.11 Å². The van der Waals surface area contributed by atoms with Crippen LogP contribution in [0.3, 0.4) is 0 Å². The summed E-state index contributed by atoms with van der Waals surface area (Å²) in [6, 6.07) is 10.5. The third-order valence-electron chi connectivity index (χ3n) is 2.82. The van der Waals surface area contributed by atoms with Crippen LogP contribution in [0.15, 0.2) is 51.6 Å². The summed E-state index contributed by atoms with van der Waals surface area (Å²) >= 11 is 0. The summed E-state index contributed by atoms with van der Waals surface area (Å²) in [4.78, 5) is 3.88. The lowest BCUT2D eigenvalue weighted by Gasteiger charge is -2.09. The van der Waals surface area contributed by atoms with Crippen molar-refractivity contribution in [2.75, 3.05) is 20.0 Å². The van der Waals surface area contributed by atoms with Crippen LogP contribution in [0, 0.1) is 0 Å². The number of nitrogen functional groups attached to an aromatic ring is 1. The number of benzene rings is 2. The average Bonchev–Trinajstić information content (AvgIpc) is 2.53. The second-order valence-corrected chi connectivity index (χ2v) is 4.15. The lowest BCUT2D eigenvalue weighted by Crippen LogP contribution is -1.87. The van der Waals surface area contributed by atoms with Gasteiger partial charge in [0, 0.05) is 17.8 Å². The van der Waals surface area contributed by atoms with E-state index in [9.17, 15) is 0 Å². The molecule has 21 heavy (non-hydrogen) atoms. The van der Waals surface area contributed by atoms with Gasteiger partial charge in [0.05, 0.1) is 19.9 Å². The van der Waals surface area contributed by atoms with E-state index >= 15 is 0 Å². The maximum atomic E-state index is 5.62. The summed E-state index contributed by atoms with van der Waals surface area (Å²) in [6.45, 7) is 3.49. The largest absolute Gasteiger partial charge is 0.494 e. The standard InChI is InChI=1S/C15H16N4O2/c1-17-12-8-15(21-3)13(9-14(12)20-2)19-18-11-6-4-10(16)5-7-11/h4-9H,1,16H2,2-3H3/b19-18+. The predicted molar refractivity (Wildman–Crippen MR) is 83.8 cm³/mol. The molecule has 0 bridgehead atoms. The monoisotopic (exact) mass is 284 g/mol. The van der Waals surface area contributed by atoms with E-state index in [2.05, 4.69) is 21.9 Å². The first kappa shape index (κ1) is 14.5. The highest BCUT2D eigenvalue weighted by atomic mass is 16.5. The molecule has 2 aromatic carbocycles. The summed E-state index contributed by atoms with van der Waals surface area (Å²) < 4.78 is 10.5. The van der Waals surface area contributed by atoms with Gasteiger partial charge in [0.2, 0.25) is 0 Å². The highest BCUT2D eigenvalue weighted by Gasteiger charge is 2.10. The van der Waals surface area contributed by atoms with Gasteiger partial charge in [0.25, 0.3) is 0 Å². The smallest absolute Gasteiger partial charge is 0.148 e. The van der Waals surface area contributed by atoms with E-state index in [0.29, 0.717) is 34.2 Å². The number of anilines is 1. The molecule has 0 aliphatic rings. The zero-order chi connectivity index (χ0) is 15.2. The highest BCUT2D eigenvalue weighted by Crippen LogP contribution is 2.40. The molecule has 0 saturated carbocycles. The molecule has 0 spiro atoms. The number of ether oxygens (including phenoxy) is 2. The molecule has 0 heterocycles. The molecule has 2 aromatic rings. The van der Waals surface area contributed by atoms with Gasteiger partial charge < -0.3 is 15.2 Å². The second kappa shape index (κ2) is 6.51. The number of azo groups is 1. The maximum absolute atomic E-state index is 5.62. The number of nitrogens with two attached hydrogens (primary N) is 1. The first-order valence-corrected chi connectivity index (χ1v) is 6.18. The van der Waals surface area contributed by atoms with Gasteiger partial charge >= 0.3 is 0 Å². The summed E-state index contributed by atoms with van der Waals surface area (Å²) in [5, 5.41) is 8.32. The fourth-order valence-corrected chi connectivity index (χ4v) is 1.72. The Morgan fingerprint density at radius 1 is 0.905 bits per heavy atom. The van der Waals surface area contributed by atoms with Gasteiger partial charge in [-0.25, -0.2) is 0 Å². The first-order chi connectivity index (χ1) is 10.2. The van der Waals surface area contributed by atoms with Crippen molar-refractivity contribution in [2.45, 2.75) is 0 Å². The van der Waals surface area contributed by atoms with E-state index in [0.717, 1.165) is 0 Å². The molecule has 6 heteroatoms. The predicted octanol–water partition coefficient (Wildman–Crippen LogP) is 4.03. The molecule has 0 fully saturated rings. The van der Waals surface area contributed by atoms with Gasteiger partial charge in [-0.1, -0.05) is 0 Å². The minimum atomic E-state index is 0.539. The van der Waals surface area contributed by atoms with Crippen LogP contribution in [0.2, 0.25) is 0 Å². The number of rotatable bonds is 5. The average molecular weight is 284 g/mol. The summed E-state index contributed by atoms with van der Waals surface area (Å²) in [5.41, 5.74) is 8.12. The van der Waals surface area contributed by atoms with E-state index in [1.807, 2.05) is 0 Å². The SMILES string of the molecule is C=Nc1cc(OC)c(/N=N/c2ccc(N)cc2)cc1OC. The molecule has 0 unspecified atom stereocenters. The van der Waals surface area contributed by atoms with E-state index in [1.165, 1.54) is 0 Å². The molecule has 0 atom stereocenters. The van der Waals surface area contributed by atoms with Crippen molar-refractivity contribution >= 4 is 29.5 Å². The van der Waals surface area contributed by atoms with E-state index in [4.69, 9.17) is 15.2 Å². The Kier molecular flexibility index (Phi) is 4.50. The Morgan fingerprint density at radius 3 is 2.05 bits per heavy atom. The van der Waals surface area contributed by atoms with Gasteiger partial charge in [-0.05, 0) is 31.0 Å². The lowest BCUT2D eigenvalue weighted by molar-refractivity contribution is 0.405. The normalized spacial score (nSPS) is 10.6. The molecule has 6 nitrogen and oxygen atoms in total. The number of nitrogens with zero attached hydrogens (tertiary/aromatic N) is 3. The Hall–Kier alpha value is -2.89. The molecule has 0 radical (unpaired) electrons. The van der Waals surface area contributed by atoms with Crippen molar-refractivity contribution < 1.29 is 9.47 Å². The minimum absolute atomic E-state index is 0.539. The summed E-state index contributed by atoms with van der Waals surface area (Å²) in [7, 11) is 3.11. The molecule has 0 aromatic heterocycles. The van der Waals surface area contributed by atoms with Crippen LogP contribution in [-0.2, 0) is 0 Å². The van der Waals surface area contributed by atoms with Crippen LogP contribution >= 0.6 is 0 Å². The van der Waals surface area contributed by atoms with Crippen molar-refractivity contribution in [1.82, 2.24) is 0 Å². The van der Waals surface area contributed by atoms with Crippen molar-refractivity contribution in [3.05, 3.63) is 36.4 Å². The fraction of sp³-hybridized carbons (Fsp3) is 0.133. The topological polar surface area (TPSA) is 81.6 Å². The molecule has 0 aliphatic carbocycles. The fourth-order valence-electron chi connectivity index (χ4n) is 1.72. The molecule has 2 rings (SSSR count). The Labute approximate surface area is 122 Å². The Bertz CT molecular complexity index is 666. The van der Waals surface area contributed by atoms with Crippen LogP contribution in [0.1, 0.15) is 0 Å². The van der Waals surface area contributed by atoms with Crippen LogP contribution in [0.4, 0.5) is 22.7 Å². The third-order valence-corrected chi connectivity index (χ3v) is 2.82. The molecule has 0 amide bonds. The van der Waals surface area contributed by atoms with Crippen molar-refractivity contribution in [3.8, 4) is 11.5 Å². The molecule has 0 aliphatic heterocycles. The van der Waals surface area contributed by atoms with Crippen LogP contribution in [0.25, 0.3) is 0 Å². The van der Waals surface area contributed by atoms with E-state index in [-0.39, 0.29) is 0 Å². The number of aliphatic imine (C=N–C) groups is 1. The zero-order valence-electron chi connectivity index (χ0n) is 11.9. The second-order valence-electron chi connectivity index (χ2n) is 4.15. The van der Waals surface area contributed by atoms with Crippen LogP contribution in [-0.4, -0.2) is 20.9 Å². The van der Waals surface area contributed by atoms with Crippen molar-refractivity contribution in [2.24, 2.45) is 15.2 Å². The van der Waals surface area contributed by atoms with Gasteiger partial charge in [0.15, 0.2) is 0 Å². The zero-order valence-corrected chi connectivity index (χ0v) is 11.9. The van der Waals surface area contributed by atoms with Gasteiger partial charge in [-0.3, -0.25) is 4.99 Å². The Morgan fingerprint density at radius 2 is 1.48 bits per heavy atom. The minimum Gasteiger partial charge on any atom is -0.494 e. The summed E-state index contributed by atoms with van der Waals surface area (Å²) in [5.74, 6) is 1.09.